The smallest absolute Gasteiger partial charge is 0.308 e. The summed E-state index contributed by atoms with van der Waals surface area (Å²) in [6.07, 6.45) is 3.92. The number of methoxy groups -OCH3 is 2. The van der Waals surface area contributed by atoms with Gasteiger partial charge in [0.2, 0.25) is 5.88 Å². The van der Waals surface area contributed by atoms with Gasteiger partial charge in [-0.05, 0) is 37.8 Å². The molecule has 36 heavy (non-hydrogen) atoms. The third-order valence-corrected chi connectivity index (χ3v) is 8.74. The van der Waals surface area contributed by atoms with Crippen LogP contribution in [0.15, 0.2) is 18.3 Å². The second-order valence-electron chi connectivity index (χ2n) is 10.9. The van der Waals surface area contributed by atoms with Crippen LogP contribution < -0.4 is 4.74 Å². The van der Waals surface area contributed by atoms with Crippen LogP contribution in [-0.2, 0) is 21.0 Å². The molecule has 2 aromatic heterocycles. The van der Waals surface area contributed by atoms with Crippen molar-refractivity contribution < 1.29 is 28.2 Å². The van der Waals surface area contributed by atoms with Crippen LogP contribution in [0, 0.1) is 11.7 Å². The highest BCUT2D eigenvalue weighted by atomic mass is 28.3. The van der Waals surface area contributed by atoms with Crippen molar-refractivity contribution in [2.24, 2.45) is 5.92 Å². The predicted octanol–water partition coefficient (Wildman–Crippen LogP) is 3.96. The number of hydrogen-bond donors (Lipinski definition) is 0. The maximum atomic E-state index is 14.8. The summed E-state index contributed by atoms with van der Waals surface area (Å²) in [6.45, 7) is 7.90. The number of amides is 1. The molecule has 4 rings (SSSR count). The lowest BCUT2D eigenvalue weighted by molar-refractivity contribution is -0.147. The summed E-state index contributed by atoms with van der Waals surface area (Å²) >= 11 is 0. The van der Waals surface area contributed by atoms with E-state index >= 15 is 0 Å². The number of likely N-dealkylation sites (tertiary alicyclic amines) is 1. The van der Waals surface area contributed by atoms with E-state index in [2.05, 4.69) is 29.7 Å². The van der Waals surface area contributed by atoms with Gasteiger partial charge in [0.25, 0.3) is 5.91 Å². The van der Waals surface area contributed by atoms with E-state index in [1.54, 1.807) is 6.07 Å². The highest BCUT2D eigenvalue weighted by Gasteiger charge is 2.55. The molecule has 2 aromatic rings. The number of piperidine rings is 1. The van der Waals surface area contributed by atoms with E-state index in [9.17, 15) is 14.0 Å². The number of rotatable bonds is 9. The summed E-state index contributed by atoms with van der Waals surface area (Å²) in [6, 6.07) is 4.07. The zero-order chi connectivity index (χ0) is 26.1. The Balaban J connectivity index is 1.61. The molecule has 2 fully saturated rings. The predicted molar refractivity (Wildman–Crippen MR) is 134 cm³/mol. The third kappa shape index (κ3) is 5.62. The molecule has 3 heterocycles. The molecule has 11 heteroatoms. The van der Waals surface area contributed by atoms with Crippen molar-refractivity contribution in [2.75, 3.05) is 27.4 Å². The minimum absolute atomic E-state index is 0.0900. The largest absolute Gasteiger partial charge is 0.481 e. The molecule has 1 saturated carbocycles. The Morgan fingerprint density at radius 2 is 1.97 bits per heavy atom. The van der Waals surface area contributed by atoms with Crippen molar-refractivity contribution in [3.63, 3.8) is 0 Å². The van der Waals surface area contributed by atoms with Crippen LogP contribution in [0.4, 0.5) is 4.39 Å². The number of carbonyl (C=O) groups is 2. The molecule has 0 N–H and O–H groups in total. The second kappa shape index (κ2) is 10.3. The number of aromatic nitrogens is 3. The third-order valence-electron chi connectivity index (χ3n) is 7.03. The van der Waals surface area contributed by atoms with Gasteiger partial charge in [-0.3, -0.25) is 9.59 Å². The maximum Gasteiger partial charge on any atom is 0.308 e. The Morgan fingerprint density at radius 1 is 1.22 bits per heavy atom. The van der Waals surface area contributed by atoms with Gasteiger partial charge in [0.1, 0.15) is 6.73 Å². The number of carbonyl (C=O) groups excluding carboxylic acids is 2. The standard InChI is InChI=1S/C25H35FN4O5Si/c1-33-22-12-18(19(26)15-27-22)21-13-20(28-30(21)16-35-10-11-36(3,4)5)23(31)29-9-6-17(24(32)34-2)14-25(29)7-8-25/h12-13,15,17H,6-11,14,16H2,1-5H3. The first-order valence-electron chi connectivity index (χ1n) is 12.3. The molecule has 1 amide bonds. The minimum atomic E-state index is -1.29. The Bertz CT molecular complexity index is 1130. The summed E-state index contributed by atoms with van der Waals surface area (Å²) in [5.41, 5.74) is 0.528. The van der Waals surface area contributed by atoms with E-state index in [1.165, 1.54) is 25.0 Å². The van der Waals surface area contributed by atoms with Gasteiger partial charge in [-0.2, -0.15) is 5.10 Å². The lowest BCUT2D eigenvalue weighted by Gasteiger charge is -2.38. The maximum absolute atomic E-state index is 14.8. The van der Waals surface area contributed by atoms with Gasteiger partial charge in [-0.25, -0.2) is 14.1 Å². The van der Waals surface area contributed by atoms with Crippen LogP contribution in [0.5, 0.6) is 5.88 Å². The van der Waals surface area contributed by atoms with E-state index in [0.29, 0.717) is 31.7 Å². The quantitative estimate of drug-likeness (QED) is 0.282. The molecule has 0 radical (unpaired) electrons. The Kier molecular flexibility index (Phi) is 7.51. The molecule has 0 bridgehead atoms. The zero-order valence-electron chi connectivity index (χ0n) is 21.7. The van der Waals surface area contributed by atoms with Gasteiger partial charge < -0.3 is 19.1 Å². The topological polar surface area (TPSA) is 95.8 Å². The Hall–Kier alpha value is -2.79. The molecule has 1 spiro atoms. The van der Waals surface area contributed by atoms with Crippen LogP contribution in [0.25, 0.3) is 11.3 Å². The number of hydrogen-bond acceptors (Lipinski definition) is 7. The molecule has 2 aliphatic rings. The normalized spacial score (nSPS) is 18.8. The Labute approximate surface area is 211 Å². The van der Waals surface area contributed by atoms with Crippen molar-refractivity contribution in [1.82, 2.24) is 19.7 Å². The first-order valence-corrected chi connectivity index (χ1v) is 16.0. The number of pyridine rings is 1. The molecular formula is C25H35FN4O5Si. The molecule has 1 unspecified atom stereocenters. The van der Waals surface area contributed by atoms with E-state index in [-0.39, 0.29) is 47.2 Å². The van der Waals surface area contributed by atoms with E-state index in [4.69, 9.17) is 14.2 Å². The van der Waals surface area contributed by atoms with Crippen molar-refractivity contribution in [3.05, 3.63) is 29.8 Å². The van der Waals surface area contributed by atoms with Crippen LogP contribution in [0.3, 0.4) is 0 Å². The second-order valence-corrected chi connectivity index (χ2v) is 16.5. The van der Waals surface area contributed by atoms with Gasteiger partial charge in [-0.15, -0.1) is 0 Å². The number of halogens is 1. The molecule has 1 aliphatic carbocycles. The first-order chi connectivity index (χ1) is 17.1. The lowest BCUT2D eigenvalue weighted by atomic mass is 9.88. The van der Waals surface area contributed by atoms with Crippen molar-refractivity contribution in [2.45, 2.75) is 63.6 Å². The average Bonchev–Trinajstić information content (AvgIpc) is 3.47. The van der Waals surface area contributed by atoms with Crippen LogP contribution in [-0.4, -0.2) is 72.5 Å². The molecular weight excluding hydrogens is 483 g/mol. The first kappa shape index (κ1) is 26.3. The molecule has 9 nitrogen and oxygen atoms in total. The van der Waals surface area contributed by atoms with Crippen LogP contribution in [0.1, 0.15) is 36.2 Å². The van der Waals surface area contributed by atoms with Crippen LogP contribution >= 0.6 is 0 Å². The van der Waals surface area contributed by atoms with Gasteiger partial charge in [0, 0.05) is 38.4 Å². The Morgan fingerprint density at radius 3 is 2.61 bits per heavy atom. The van der Waals surface area contributed by atoms with E-state index < -0.39 is 13.9 Å². The SMILES string of the molecule is COC(=O)C1CCN(C(=O)c2cc(-c3cc(OC)ncc3F)n(COCC[Si](C)(C)C)n2)C2(CC2)C1. The van der Waals surface area contributed by atoms with Crippen molar-refractivity contribution in [1.29, 1.82) is 0 Å². The van der Waals surface area contributed by atoms with Gasteiger partial charge >= 0.3 is 5.97 Å². The minimum Gasteiger partial charge on any atom is -0.481 e. The summed E-state index contributed by atoms with van der Waals surface area (Å²) in [4.78, 5) is 31.5. The molecule has 1 saturated heterocycles. The molecule has 196 valence electrons. The van der Waals surface area contributed by atoms with E-state index in [0.717, 1.165) is 25.1 Å². The fourth-order valence-electron chi connectivity index (χ4n) is 4.73. The zero-order valence-corrected chi connectivity index (χ0v) is 22.7. The van der Waals surface area contributed by atoms with Gasteiger partial charge in [0.15, 0.2) is 11.5 Å². The summed E-state index contributed by atoms with van der Waals surface area (Å²) < 4.78 is 32.4. The van der Waals surface area contributed by atoms with E-state index in [1.807, 2.05) is 4.90 Å². The monoisotopic (exact) mass is 518 g/mol. The fourth-order valence-corrected chi connectivity index (χ4v) is 5.48. The number of nitrogens with zero attached hydrogens (tertiary/aromatic N) is 4. The molecule has 1 aliphatic heterocycles. The molecule has 1 atom stereocenters. The van der Waals surface area contributed by atoms with Gasteiger partial charge in [-0.1, -0.05) is 19.6 Å². The molecule has 0 aromatic carbocycles. The summed E-state index contributed by atoms with van der Waals surface area (Å²) in [5.74, 6) is -0.936. The van der Waals surface area contributed by atoms with Crippen LogP contribution in [0.2, 0.25) is 25.7 Å². The summed E-state index contributed by atoms with van der Waals surface area (Å²) in [7, 11) is 1.57. The van der Waals surface area contributed by atoms with Gasteiger partial charge in [0.05, 0.1) is 32.0 Å². The number of ether oxygens (including phenoxy) is 3. The highest BCUT2D eigenvalue weighted by molar-refractivity contribution is 6.76. The highest BCUT2D eigenvalue weighted by Crippen LogP contribution is 2.50. The van der Waals surface area contributed by atoms with Crippen molar-refractivity contribution in [3.8, 4) is 17.1 Å². The fraction of sp³-hybridized carbons (Fsp3) is 0.600. The summed E-state index contributed by atoms with van der Waals surface area (Å²) in [5, 5.41) is 4.55. The number of esters is 1. The lowest BCUT2D eigenvalue weighted by Crippen LogP contribution is -2.49. The average molecular weight is 519 g/mol. The van der Waals surface area contributed by atoms with Crippen molar-refractivity contribution >= 4 is 20.0 Å².